The van der Waals surface area contributed by atoms with E-state index in [0.29, 0.717) is 5.71 Å². The number of methoxy groups -OCH3 is 1. The molecule has 0 aliphatic carbocycles. The molecule has 0 amide bonds. The van der Waals surface area contributed by atoms with Gasteiger partial charge in [0.2, 0.25) is 0 Å². The molecule has 4 nitrogen and oxygen atoms in total. The molecule has 0 unspecified atom stereocenters. The summed E-state index contributed by atoms with van der Waals surface area (Å²) in [7, 11) is 1.44. The second kappa shape index (κ2) is 6.85. The topological polar surface area (TPSA) is 47.9 Å². The van der Waals surface area contributed by atoms with Gasteiger partial charge in [-0.1, -0.05) is 11.6 Å². The van der Waals surface area contributed by atoms with Crippen molar-refractivity contribution < 1.29 is 27.4 Å². The molecule has 0 radical (unpaired) electrons. The summed E-state index contributed by atoms with van der Waals surface area (Å²) in [5.74, 6) is -3.97. The monoisotopic (exact) mass is 369 g/mol. The zero-order valence-electron chi connectivity index (χ0n) is 12.9. The van der Waals surface area contributed by atoms with Crippen molar-refractivity contribution in [1.29, 1.82) is 0 Å². The number of aliphatic imine (C=N–C) groups is 1. The number of esters is 1. The molecule has 0 bridgehead atoms. The first-order valence-electron chi connectivity index (χ1n) is 7.14. The Morgan fingerprint density at radius 2 is 2.00 bits per heavy atom. The van der Waals surface area contributed by atoms with E-state index in [1.54, 1.807) is 0 Å². The lowest BCUT2D eigenvalue weighted by Gasteiger charge is -2.10. The molecule has 1 heterocycles. The number of benzene rings is 2. The van der Waals surface area contributed by atoms with Crippen LogP contribution in [0.5, 0.6) is 5.75 Å². The predicted octanol–water partition coefficient (Wildman–Crippen LogP) is 4.25. The third-order valence-corrected chi connectivity index (χ3v) is 3.87. The van der Waals surface area contributed by atoms with Crippen molar-refractivity contribution in [3.63, 3.8) is 0 Å². The average Bonchev–Trinajstić information content (AvgIpc) is 2.98. The summed E-state index contributed by atoms with van der Waals surface area (Å²) in [6.45, 7) is 0.123. The van der Waals surface area contributed by atoms with Crippen molar-refractivity contribution >= 4 is 29.0 Å². The number of ether oxygens (including phenoxy) is 2. The number of carbonyl (C=O) groups excluding carboxylic acids is 1. The second-order valence-electron chi connectivity index (χ2n) is 5.30. The summed E-state index contributed by atoms with van der Waals surface area (Å²) >= 11 is 5.63. The smallest absolute Gasteiger partial charge is 0.344 e. The van der Waals surface area contributed by atoms with Crippen molar-refractivity contribution in [1.82, 2.24) is 0 Å². The quantitative estimate of drug-likeness (QED) is 0.598. The van der Waals surface area contributed by atoms with Gasteiger partial charge >= 0.3 is 5.97 Å². The molecule has 3 rings (SSSR count). The Balaban J connectivity index is 1.94. The van der Waals surface area contributed by atoms with Crippen LogP contribution in [0.1, 0.15) is 15.9 Å². The minimum absolute atomic E-state index is 0.0223. The van der Waals surface area contributed by atoms with E-state index in [4.69, 9.17) is 21.1 Å². The Bertz CT molecular complexity index is 899. The van der Waals surface area contributed by atoms with Gasteiger partial charge in [-0.05, 0) is 18.2 Å². The minimum Gasteiger partial charge on any atom is -0.423 e. The van der Waals surface area contributed by atoms with E-state index in [2.05, 4.69) is 4.99 Å². The highest BCUT2D eigenvalue weighted by Gasteiger charge is 2.28. The molecule has 0 N–H and O–H groups in total. The lowest BCUT2D eigenvalue weighted by molar-refractivity contribution is 0.0733. The van der Waals surface area contributed by atoms with Crippen LogP contribution in [0, 0.1) is 17.5 Å². The van der Waals surface area contributed by atoms with Gasteiger partial charge in [-0.2, -0.15) is 0 Å². The summed E-state index contributed by atoms with van der Waals surface area (Å²) in [4.78, 5) is 16.3. The van der Waals surface area contributed by atoms with Crippen LogP contribution in [-0.4, -0.2) is 25.4 Å². The molecule has 0 spiro atoms. The van der Waals surface area contributed by atoms with Crippen LogP contribution in [0.3, 0.4) is 0 Å². The third-order valence-electron chi connectivity index (χ3n) is 3.58. The fraction of sp³-hybridized carbons (Fsp3) is 0.176. The van der Waals surface area contributed by atoms with Crippen LogP contribution in [0.4, 0.5) is 18.9 Å². The number of fused-ring (bicyclic) bond motifs is 1. The van der Waals surface area contributed by atoms with Gasteiger partial charge in [0.05, 0.1) is 17.2 Å². The maximum atomic E-state index is 13.9. The van der Waals surface area contributed by atoms with Gasteiger partial charge in [-0.3, -0.25) is 4.99 Å². The zero-order valence-corrected chi connectivity index (χ0v) is 13.7. The molecule has 0 aromatic heterocycles. The predicted molar refractivity (Wildman–Crippen MR) is 85.4 cm³/mol. The number of hydrogen-bond acceptors (Lipinski definition) is 4. The molecule has 1 aliphatic heterocycles. The van der Waals surface area contributed by atoms with E-state index in [-0.39, 0.29) is 40.6 Å². The van der Waals surface area contributed by atoms with Crippen molar-refractivity contribution in [2.45, 2.75) is 6.42 Å². The van der Waals surface area contributed by atoms with Crippen LogP contribution in [0.15, 0.2) is 29.3 Å². The van der Waals surface area contributed by atoms with Gasteiger partial charge in [-0.15, -0.1) is 0 Å². The number of nitrogens with zero attached hydrogens (tertiary/aromatic N) is 1. The lowest BCUT2D eigenvalue weighted by Crippen LogP contribution is -2.14. The molecule has 2 aromatic carbocycles. The molecule has 0 fully saturated rings. The maximum Gasteiger partial charge on any atom is 0.344 e. The highest BCUT2D eigenvalue weighted by molar-refractivity contribution is 6.30. The lowest BCUT2D eigenvalue weighted by atomic mass is 10.0. The van der Waals surface area contributed by atoms with Crippen LogP contribution in [-0.2, 0) is 11.2 Å². The molecule has 0 atom stereocenters. The fourth-order valence-corrected chi connectivity index (χ4v) is 2.65. The Kier molecular flexibility index (Phi) is 4.78. The first-order valence-corrected chi connectivity index (χ1v) is 7.52. The van der Waals surface area contributed by atoms with E-state index < -0.39 is 23.4 Å². The first kappa shape index (κ1) is 17.4. The van der Waals surface area contributed by atoms with E-state index in [1.807, 2.05) is 0 Å². The number of halogens is 4. The molecule has 130 valence electrons. The number of hydrogen-bond donors (Lipinski definition) is 0. The van der Waals surface area contributed by atoms with E-state index in [0.717, 1.165) is 18.2 Å². The number of carbonyl (C=O) groups is 1. The van der Waals surface area contributed by atoms with Crippen molar-refractivity contribution in [2.75, 3.05) is 13.7 Å². The SMILES string of the molecule is COCC1=Nc2c(F)c(F)cc(C(=O)Oc3ccc(F)c(Cl)c3)c2C1. The first-order chi connectivity index (χ1) is 11.9. The fourth-order valence-electron chi connectivity index (χ4n) is 2.48. The molecule has 8 heteroatoms. The Hall–Kier alpha value is -2.38. The highest BCUT2D eigenvalue weighted by atomic mass is 35.5. The third kappa shape index (κ3) is 3.38. The van der Waals surface area contributed by atoms with E-state index >= 15 is 0 Å². The Morgan fingerprint density at radius 3 is 2.68 bits per heavy atom. The summed E-state index contributed by atoms with van der Waals surface area (Å²) in [6.07, 6.45) is 0.134. The summed E-state index contributed by atoms with van der Waals surface area (Å²) in [5, 5.41) is -0.230. The molecule has 2 aromatic rings. The second-order valence-corrected chi connectivity index (χ2v) is 5.71. The van der Waals surface area contributed by atoms with Gasteiger partial charge in [0.1, 0.15) is 17.3 Å². The number of rotatable bonds is 4. The van der Waals surface area contributed by atoms with Crippen LogP contribution >= 0.6 is 11.6 Å². The summed E-state index contributed by atoms with van der Waals surface area (Å²) in [6, 6.07) is 4.10. The van der Waals surface area contributed by atoms with Crippen LogP contribution < -0.4 is 4.74 Å². The average molecular weight is 370 g/mol. The standard InChI is InChI=1S/C17H11ClF3NO3/c1-24-7-8-4-10-11(6-14(20)15(21)16(10)22-8)17(23)25-9-2-3-13(19)12(18)5-9/h2-3,5-6H,4,7H2,1H3. The molecular formula is C17H11ClF3NO3. The van der Waals surface area contributed by atoms with Crippen LogP contribution in [0.2, 0.25) is 5.02 Å². The maximum absolute atomic E-state index is 13.9. The molecule has 25 heavy (non-hydrogen) atoms. The minimum atomic E-state index is -1.22. The van der Waals surface area contributed by atoms with Gasteiger partial charge < -0.3 is 9.47 Å². The molecule has 0 saturated heterocycles. The summed E-state index contributed by atoms with van der Waals surface area (Å²) < 4.78 is 50.9. The zero-order chi connectivity index (χ0) is 18.1. The van der Waals surface area contributed by atoms with Crippen molar-refractivity contribution in [3.05, 3.63) is 57.9 Å². The van der Waals surface area contributed by atoms with Crippen LogP contribution in [0.25, 0.3) is 0 Å². The van der Waals surface area contributed by atoms with Crippen molar-refractivity contribution in [2.24, 2.45) is 4.99 Å². The summed E-state index contributed by atoms with van der Waals surface area (Å²) in [5.41, 5.74) is 0.269. The molecule has 1 aliphatic rings. The highest BCUT2D eigenvalue weighted by Crippen LogP contribution is 2.35. The Labute approximate surface area is 145 Å². The normalized spacial score (nSPS) is 12.8. The van der Waals surface area contributed by atoms with Gasteiger partial charge in [0.15, 0.2) is 11.6 Å². The molecule has 0 saturated carbocycles. The van der Waals surface area contributed by atoms with Crippen molar-refractivity contribution in [3.8, 4) is 5.75 Å². The Morgan fingerprint density at radius 1 is 1.24 bits per heavy atom. The van der Waals surface area contributed by atoms with Gasteiger partial charge in [-0.25, -0.2) is 18.0 Å². The molecular weight excluding hydrogens is 359 g/mol. The van der Waals surface area contributed by atoms with Gasteiger partial charge in [0, 0.05) is 30.9 Å². The van der Waals surface area contributed by atoms with E-state index in [1.165, 1.54) is 13.2 Å². The largest absolute Gasteiger partial charge is 0.423 e. The van der Waals surface area contributed by atoms with Gasteiger partial charge in [0.25, 0.3) is 0 Å². The van der Waals surface area contributed by atoms with E-state index in [9.17, 15) is 18.0 Å².